The molecule has 2 aliphatic rings. The number of fused-ring (bicyclic) bond motifs is 1. The molecule has 7 nitrogen and oxygen atoms in total. The summed E-state index contributed by atoms with van der Waals surface area (Å²) < 4.78 is 50.0. The SMILES string of the molecule is COc1cc(OC)cc(N(CC2CCN(CC(F)(F)F)CC2)c2ccc3ncc(C4=CN(C)C(C)CC=C4)nc3c2)c1. The number of hydrogen-bond donors (Lipinski definition) is 0. The quantitative estimate of drug-likeness (QED) is 0.294. The van der Waals surface area contributed by atoms with Gasteiger partial charge in [0.05, 0.1) is 43.7 Å². The fourth-order valence-electron chi connectivity index (χ4n) is 5.55. The van der Waals surface area contributed by atoms with Crippen LogP contribution in [0.4, 0.5) is 24.5 Å². The van der Waals surface area contributed by atoms with E-state index < -0.39 is 12.7 Å². The van der Waals surface area contributed by atoms with E-state index in [1.54, 1.807) is 20.4 Å². The van der Waals surface area contributed by atoms with Gasteiger partial charge in [0.25, 0.3) is 0 Å². The first kappa shape index (κ1) is 29.7. The molecule has 1 aromatic heterocycles. The minimum atomic E-state index is -4.18. The standard InChI is InChI=1S/C32H38F3N5O2/c1-22-6-5-7-24(20-38(22)2)31-18-36-29-9-8-25(16-30(29)37-31)40(26-14-27(41-3)17-28(15-26)42-4)19-23-10-12-39(13-11-23)21-32(33,34)35/h5,7-9,14-18,20,22-23H,6,10-13,19,21H2,1-4H3. The Morgan fingerprint density at radius 3 is 2.36 bits per heavy atom. The Balaban J connectivity index is 1.48. The largest absolute Gasteiger partial charge is 0.497 e. The van der Waals surface area contributed by atoms with Crippen LogP contribution in [0.3, 0.4) is 0 Å². The lowest BCUT2D eigenvalue weighted by atomic mass is 9.95. The summed E-state index contributed by atoms with van der Waals surface area (Å²) in [4.78, 5) is 15.6. The molecule has 2 aliphatic heterocycles. The molecule has 1 saturated heterocycles. The van der Waals surface area contributed by atoms with Gasteiger partial charge in [-0.15, -0.1) is 0 Å². The molecule has 1 fully saturated rings. The molecule has 224 valence electrons. The van der Waals surface area contributed by atoms with Crippen molar-refractivity contribution in [2.24, 2.45) is 5.92 Å². The topological polar surface area (TPSA) is 54.0 Å². The van der Waals surface area contributed by atoms with Crippen molar-refractivity contribution >= 4 is 28.0 Å². The maximum atomic E-state index is 13.0. The van der Waals surface area contributed by atoms with Crippen molar-refractivity contribution in [1.29, 1.82) is 0 Å². The lowest BCUT2D eigenvalue weighted by Gasteiger charge is -2.36. The molecule has 0 aliphatic carbocycles. The van der Waals surface area contributed by atoms with Gasteiger partial charge >= 0.3 is 6.18 Å². The number of benzene rings is 2. The number of halogens is 3. The Morgan fingerprint density at radius 1 is 0.976 bits per heavy atom. The Morgan fingerprint density at radius 2 is 1.69 bits per heavy atom. The summed E-state index contributed by atoms with van der Waals surface area (Å²) in [6, 6.07) is 12.1. The summed E-state index contributed by atoms with van der Waals surface area (Å²) >= 11 is 0. The number of nitrogens with zero attached hydrogens (tertiary/aromatic N) is 5. The first-order valence-electron chi connectivity index (χ1n) is 14.3. The van der Waals surface area contributed by atoms with Gasteiger partial charge in [0.15, 0.2) is 0 Å². The molecular weight excluding hydrogens is 543 g/mol. The molecule has 0 bridgehead atoms. The number of methoxy groups -OCH3 is 2. The van der Waals surface area contributed by atoms with E-state index in [4.69, 9.17) is 19.4 Å². The second-order valence-electron chi connectivity index (χ2n) is 11.2. The molecule has 1 atom stereocenters. The number of hydrogen-bond acceptors (Lipinski definition) is 7. The van der Waals surface area contributed by atoms with Crippen LogP contribution < -0.4 is 14.4 Å². The maximum Gasteiger partial charge on any atom is 0.401 e. The summed E-state index contributed by atoms with van der Waals surface area (Å²) in [7, 11) is 5.29. The van der Waals surface area contributed by atoms with Crippen LogP contribution in [-0.2, 0) is 0 Å². The van der Waals surface area contributed by atoms with Gasteiger partial charge in [0.2, 0.25) is 0 Å². The maximum absolute atomic E-state index is 13.0. The summed E-state index contributed by atoms with van der Waals surface area (Å²) in [6.45, 7) is 2.79. The third-order valence-corrected chi connectivity index (χ3v) is 8.14. The van der Waals surface area contributed by atoms with Crippen molar-refractivity contribution < 1.29 is 22.6 Å². The van der Waals surface area contributed by atoms with Gasteiger partial charge in [0, 0.05) is 61.0 Å². The fraction of sp³-hybridized carbons (Fsp3) is 0.438. The molecule has 0 saturated carbocycles. The van der Waals surface area contributed by atoms with Crippen molar-refractivity contribution in [3.8, 4) is 11.5 Å². The average Bonchev–Trinajstić information content (AvgIpc) is 3.15. The number of piperidine rings is 1. The van der Waals surface area contributed by atoms with Gasteiger partial charge in [-0.3, -0.25) is 9.88 Å². The fourth-order valence-corrected chi connectivity index (χ4v) is 5.55. The zero-order valence-corrected chi connectivity index (χ0v) is 24.6. The monoisotopic (exact) mass is 581 g/mol. The normalized spacial score (nSPS) is 18.6. The lowest BCUT2D eigenvalue weighted by Crippen LogP contribution is -2.42. The van der Waals surface area contributed by atoms with Crippen LogP contribution in [0.15, 0.2) is 60.9 Å². The average molecular weight is 582 g/mol. The van der Waals surface area contributed by atoms with Crippen molar-refractivity contribution in [1.82, 2.24) is 19.8 Å². The van der Waals surface area contributed by atoms with E-state index in [2.05, 4.69) is 42.1 Å². The van der Waals surface area contributed by atoms with E-state index in [0.717, 1.165) is 40.1 Å². The van der Waals surface area contributed by atoms with E-state index in [-0.39, 0.29) is 5.92 Å². The van der Waals surface area contributed by atoms with Gasteiger partial charge in [-0.1, -0.05) is 12.2 Å². The van der Waals surface area contributed by atoms with Gasteiger partial charge in [-0.05, 0) is 63.4 Å². The molecular formula is C32H38F3N5O2. The molecule has 0 spiro atoms. The predicted molar refractivity (Wildman–Crippen MR) is 160 cm³/mol. The molecule has 10 heteroatoms. The number of rotatable bonds is 8. The summed E-state index contributed by atoms with van der Waals surface area (Å²) in [5.41, 5.74) is 5.13. The van der Waals surface area contributed by atoms with Crippen LogP contribution in [0.25, 0.3) is 16.6 Å². The number of ether oxygens (including phenoxy) is 2. The molecule has 3 aromatic rings. The number of anilines is 2. The van der Waals surface area contributed by atoms with Gasteiger partial charge in [-0.2, -0.15) is 13.2 Å². The summed E-state index contributed by atoms with van der Waals surface area (Å²) in [5.74, 6) is 1.52. The van der Waals surface area contributed by atoms with Crippen LogP contribution in [0.2, 0.25) is 0 Å². The Labute approximate surface area is 245 Å². The number of allylic oxidation sites excluding steroid dienone is 2. The second kappa shape index (κ2) is 12.6. The van der Waals surface area contributed by atoms with E-state index in [0.29, 0.717) is 50.0 Å². The highest BCUT2D eigenvalue weighted by Gasteiger charge is 2.33. The molecule has 0 N–H and O–H groups in total. The first-order valence-corrected chi connectivity index (χ1v) is 14.3. The Bertz CT molecular complexity index is 1430. The van der Waals surface area contributed by atoms with Crippen LogP contribution in [0, 0.1) is 5.92 Å². The van der Waals surface area contributed by atoms with E-state index >= 15 is 0 Å². The van der Waals surface area contributed by atoms with E-state index in [1.807, 2.05) is 36.4 Å². The number of aromatic nitrogens is 2. The highest BCUT2D eigenvalue weighted by molar-refractivity contribution is 5.83. The summed E-state index contributed by atoms with van der Waals surface area (Å²) in [5, 5.41) is 0. The second-order valence-corrected chi connectivity index (χ2v) is 11.2. The first-order chi connectivity index (χ1) is 20.1. The zero-order valence-electron chi connectivity index (χ0n) is 24.6. The third-order valence-electron chi connectivity index (χ3n) is 8.14. The minimum Gasteiger partial charge on any atom is -0.497 e. The molecule has 1 unspecified atom stereocenters. The van der Waals surface area contributed by atoms with Gasteiger partial charge in [0.1, 0.15) is 11.5 Å². The molecule has 0 radical (unpaired) electrons. The number of likely N-dealkylation sites (tertiary alicyclic amines) is 1. The van der Waals surface area contributed by atoms with Crippen molar-refractivity contribution in [3.63, 3.8) is 0 Å². The smallest absolute Gasteiger partial charge is 0.401 e. The van der Waals surface area contributed by atoms with Crippen molar-refractivity contribution in [2.75, 3.05) is 52.3 Å². The van der Waals surface area contributed by atoms with Crippen molar-refractivity contribution in [2.45, 2.75) is 38.4 Å². The van der Waals surface area contributed by atoms with Gasteiger partial charge in [-0.25, -0.2) is 4.98 Å². The third kappa shape index (κ3) is 7.15. The van der Waals surface area contributed by atoms with Gasteiger partial charge < -0.3 is 19.3 Å². The molecule has 0 amide bonds. The van der Waals surface area contributed by atoms with Crippen LogP contribution in [0.5, 0.6) is 11.5 Å². The number of alkyl halides is 3. The molecule has 2 aromatic carbocycles. The van der Waals surface area contributed by atoms with Crippen LogP contribution >= 0.6 is 0 Å². The van der Waals surface area contributed by atoms with Crippen LogP contribution in [0.1, 0.15) is 31.9 Å². The lowest BCUT2D eigenvalue weighted by molar-refractivity contribution is -0.148. The zero-order chi connectivity index (χ0) is 29.9. The molecule has 5 rings (SSSR count). The van der Waals surface area contributed by atoms with E-state index in [1.165, 1.54) is 4.90 Å². The predicted octanol–water partition coefficient (Wildman–Crippen LogP) is 6.68. The minimum absolute atomic E-state index is 0.207. The highest BCUT2D eigenvalue weighted by atomic mass is 19.4. The Hall–Kier alpha value is -3.79. The van der Waals surface area contributed by atoms with Crippen molar-refractivity contribution in [3.05, 3.63) is 66.6 Å². The highest BCUT2D eigenvalue weighted by Crippen LogP contribution is 2.36. The van der Waals surface area contributed by atoms with E-state index in [9.17, 15) is 13.2 Å². The Kier molecular flexibility index (Phi) is 8.91. The van der Waals surface area contributed by atoms with Crippen LogP contribution in [-0.4, -0.2) is 79.4 Å². The summed E-state index contributed by atoms with van der Waals surface area (Å²) in [6.07, 6.45) is 6.30. The molecule has 3 heterocycles. The molecule has 42 heavy (non-hydrogen) atoms.